The molecule has 0 aliphatic carbocycles. The van der Waals surface area contributed by atoms with Crippen molar-refractivity contribution in [3.8, 4) is 5.75 Å². The van der Waals surface area contributed by atoms with E-state index in [2.05, 4.69) is 5.32 Å². The molecule has 1 aromatic carbocycles. The molecule has 1 aliphatic rings. The lowest BCUT2D eigenvalue weighted by Crippen LogP contribution is -2.48. The zero-order valence-electron chi connectivity index (χ0n) is 18.7. The van der Waals surface area contributed by atoms with Crippen LogP contribution in [-0.4, -0.2) is 74.4 Å². The molecule has 9 nitrogen and oxygen atoms in total. The van der Waals surface area contributed by atoms with Crippen LogP contribution in [0.5, 0.6) is 5.75 Å². The molecule has 2 unspecified atom stereocenters. The summed E-state index contributed by atoms with van der Waals surface area (Å²) in [4.78, 5) is 38.6. The van der Waals surface area contributed by atoms with Crippen LogP contribution in [0.2, 0.25) is 0 Å². The Hall–Kier alpha value is -2.88. The van der Waals surface area contributed by atoms with E-state index in [0.717, 1.165) is 5.56 Å². The summed E-state index contributed by atoms with van der Waals surface area (Å²) in [5, 5.41) is 2.50. The number of hydrogen-bond donors (Lipinski definition) is 1. The molecule has 1 aromatic rings. The molecule has 1 saturated heterocycles. The third-order valence-electron chi connectivity index (χ3n) is 5.17. The fraction of sp³-hybridized carbons (Fsp3) is 0.500. The number of sulfone groups is 1. The molecule has 0 spiro atoms. The van der Waals surface area contributed by atoms with Crippen molar-refractivity contribution in [2.24, 2.45) is 0 Å². The molecule has 0 aromatic heterocycles. The quantitative estimate of drug-likeness (QED) is 0.429. The molecule has 0 radical (unpaired) electrons. The number of amides is 2. The van der Waals surface area contributed by atoms with Gasteiger partial charge in [0.05, 0.1) is 18.6 Å². The van der Waals surface area contributed by atoms with E-state index < -0.39 is 45.8 Å². The average molecular weight is 467 g/mol. The number of ether oxygens (including phenoxy) is 2. The highest BCUT2D eigenvalue weighted by atomic mass is 32.2. The van der Waals surface area contributed by atoms with Crippen molar-refractivity contribution in [3.63, 3.8) is 0 Å². The van der Waals surface area contributed by atoms with Crippen molar-refractivity contribution < 1.29 is 32.3 Å². The molecule has 176 valence electrons. The minimum Gasteiger partial charge on any atom is -0.497 e. The summed E-state index contributed by atoms with van der Waals surface area (Å²) in [5.41, 5.74) is 0.781. The van der Waals surface area contributed by atoms with Gasteiger partial charge in [0, 0.05) is 18.7 Å². The second-order valence-electron chi connectivity index (χ2n) is 7.60. The highest BCUT2D eigenvalue weighted by Crippen LogP contribution is 2.19. The van der Waals surface area contributed by atoms with Crippen molar-refractivity contribution >= 4 is 33.7 Å². The van der Waals surface area contributed by atoms with Gasteiger partial charge in [-0.2, -0.15) is 0 Å². The lowest BCUT2D eigenvalue weighted by atomic mass is 10.2. The van der Waals surface area contributed by atoms with E-state index in [4.69, 9.17) is 9.47 Å². The first-order valence-electron chi connectivity index (χ1n) is 10.4. The highest BCUT2D eigenvalue weighted by Gasteiger charge is 2.36. The molecule has 10 heteroatoms. The van der Waals surface area contributed by atoms with E-state index in [1.807, 2.05) is 0 Å². The fourth-order valence-electron chi connectivity index (χ4n) is 3.38. The van der Waals surface area contributed by atoms with Gasteiger partial charge in [-0.3, -0.25) is 9.59 Å². The van der Waals surface area contributed by atoms with Crippen molar-refractivity contribution in [3.05, 3.63) is 35.9 Å². The summed E-state index contributed by atoms with van der Waals surface area (Å²) >= 11 is 0. The highest BCUT2D eigenvalue weighted by molar-refractivity contribution is 7.91. The normalized spacial score (nSPS) is 19.2. The van der Waals surface area contributed by atoms with Gasteiger partial charge in [-0.15, -0.1) is 0 Å². The van der Waals surface area contributed by atoms with Gasteiger partial charge in [-0.25, -0.2) is 13.2 Å². The second-order valence-corrected chi connectivity index (χ2v) is 9.83. The first kappa shape index (κ1) is 25.4. The van der Waals surface area contributed by atoms with Crippen molar-refractivity contribution in [1.82, 2.24) is 10.2 Å². The standard InChI is InChI=1S/C22H30N2O7S/c1-5-24(18-12-13-32(28,29)14-18)21(26)16(3)31-22(27)15(2)23-20(25)11-8-17-6-9-19(30-4)10-7-17/h6-11,15-16,18H,5,12-14H2,1-4H3,(H,23,25)/b11-8+/t15-,16?,18?/m0/s1. The van der Waals surface area contributed by atoms with E-state index in [1.54, 1.807) is 44.4 Å². The van der Waals surface area contributed by atoms with E-state index in [9.17, 15) is 22.8 Å². The molecule has 1 aliphatic heterocycles. The SMILES string of the molecule is CCN(C(=O)C(C)OC(=O)[C@H](C)NC(=O)/C=C/c1ccc(OC)cc1)C1CCS(=O)(=O)C1. The lowest BCUT2D eigenvalue weighted by molar-refractivity contribution is -0.161. The summed E-state index contributed by atoms with van der Waals surface area (Å²) in [5.74, 6) is -1.05. The molecular weight excluding hydrogens is 436 g/mol. The maximum absolute atomic E-state index is 12.7. The van der Waals surface area contributed by atoms with Crippen LogP contribution in [0.1, 0.15) is 32.8 Å². The molecule has 2 amide bonds. The summed E-state index contributed by atoms with van der Waals surface area (Å²) in [7, 11) is -1.59. The van der Waals surface area contributed by atoms with Gasteiger partial charge in [0.25, 0.3) is 5.91 Å². The first-order chi connectivity index (χ1) is 15.1. The molecule has 2 rings (SSSR count). The lowest BCUT2D eigenvalue weighted by Gasteiger charge is -2.29. The predicted molar refractivity (Wildman–Crippen MR) is 120 cm³/mol. The number of nitrogens with zero attached hydrogens (tertiary/aromatic N) is 1. The predicted octanol–water partition coefficient (Wildman–Crippen LogP) is 1.18. The summed E-state index contributed by atoms with van der Waals surface area (Å²) in [6.45, 7) is 4.95. The van der Waals surface area contributed by atoms with Gasteiger partial charge < -0.3 is 19.7 Å². The Kier molecular flexibility index (Phi) is 8.82. The number of likely N-dealkylation sites (N-methyl/N-ethyl adjacent to an activating group) is 1. The van der Waals surface area contributed by atoms with E-state index in [-0.39, 0.29) is 11.5 Å². The number of esters is 1. The maximum atomic E-state index is 12.7. The Morgan fingerprint density at radius 1 is 1.22 bits per heavy atom. The topological polar surface area (TPSA) is 119 Å². The number of methoxy groups -OCH3 is 1. The van der Waals surface area contributed by atoms with Crippen LogP contribution in [0.3, 0.4) is 0 Å². The van der Waals surface area contributed by atoms with Crippen LogP contribution in [0.4, 0.5) is 0 Å². The number of benzene rings is 1. The smallest absolute Gasteiger partial charge is 0.329 e. The van der Waals surface area contributed by atoms with Crippen molar-refractivity contribution in [2.75, 3.05) is 25.2 Å². The van der Waals surface area contributed by atoms with E-state index in [1.165, 1.54) is 24.8 Å². The van der Waals surface area contributed by atoms with Gasteiger partial charge in [0.2, 0.25) is 5.91 Å². The number of nitrogens with one attached hydrogen (secondary N) is 1. The monoisotopic (exact) mass is 466 g/mol. The van der Waals surface area contributed by atoms with Crippen LogP contribution >= 0.6 is 0 Å². The molecule has 0 saturated carbocycles. The van der Waals surface area contributed by atoms with Crippen LogP contribution in [0, 0.1) is 0 Å². The number of carbonyl (C=O) groups excluding carboxylic acids is 3. The Balaban J connectivity index is 1.87. The van der Waals surface area contributed by atoms with Gasteiger partial charge in [-0.1, -0.05) is 12.1 Å². The number of hydrogen-bond acceptors (Lipinski definition) is 7. The van der Waals surface area contributed by atoms with Gasteiger partial charge in [0.15, 0.2) is 15.9 Å². The Bertz CT molecular complexity index is 957. The summed E-state index contributed by atoms with van der Waals surface area (Å²) in [6.07, 6.45) is 2.16. The molecular formula is C22H30N2O7S. The van der Waals surface area contributed by atoms with E-state index in [0.29, 0.717) is 18.7 Å². The average Bonchev–Trinajstić information content (AvgIpc) is 3.12. The Morgan fingerprint density at radius 2 is 1.88 bits per heavy atom. The number of carbonyl (C=O) groups is 3. The second kappa shape index (κ2) is 11.1. The van der Waals surface area contributed by atoms with Crippen LogP contribution in [-0.2, 0) is 29.0 Å². The first-order valence-corrected chi connectivity index (χ1v) is 12.2. The third-order valence-corrected chi connectivity index (χ3v) is 6.92. The summed E-state index contributed by atoms with van der Waals surface area (Å²) in [6, 6.07) is 5.69. The van der Waals surface area contributed by atoms with Crippen LogP contribution in [0.25, 0.3) is 6.08 Å². The Morgan fingerprint density at radius 3 is 2.41 bits per heavy atom. The van der Waals surface area contributed by atoms with Gasteiger partial charge in [0.1, 0.15) is 11.8 Å². The molecule has 1 heterocycles. The third kappa shape index (κ3) is 7.08. The molecule has 32 heavy (non-hydrogen) atoms. The summed E-state index contributed by atoms with van der Waals surface area (Å²) < 4.78 is 33.7. The van der Waals surface area contributed by atoms with Crippen molar-refractivity contribution in [2.45, 2.75) is 45.4 Å². The fourth-order valence-corrected chi connectivity index (χ4v) is 5.11. The zero-order valence-corrected chi connectivity index (χ0v) is 19.6. The largest absolute Gasteiger partial charge is 0.497 e. The van der Waals surface area contributed by atoms with E-state index >= 15 is 0 Å². The molecule has 1 N–H and O–H groups in total. The molecule has 0 bridgehead atoms. The molecule has 3 atom stereocenters. The minimum absolute atomic E-state index is 0.0444. The maximum Gasteiger partial charge on any atom is 0.329 e. The minimum atomic E-state index is -3.15. The zero-order chi connectivity index (χ0) is 23.9. The Labute approximate surface area is 188 Å². The van der Waals surface area contributed by atoms with Crippen LogP contribution < -0.4 is 10.1 Å². The molecule has 1 fully saturated rings. The van der Waals surface area contributed by atoms with Crippen LogP contribution in [0.15, 0.2) is 30.3 Å². The van der Waals surface area contributed by atoms with Crippen molar-refractivity contribution in [1.29, 1.82) is 0 Å². The van der Waals surface area contributed by atoms with Gasteiger partial charge >= 0.3 is 5.97 Å². The number of rotatable bonds is 9. The van der Waals surface area contributed by atoms with Gasteiger partial charge in [-0.05, 0) is 51.0 Å².